The Labute approximate surface area is 158 Å². The molecule has 0 spiro atoms. The van der Waals surface area contributed by atoms with Gasteiger partial charge in [-0.2, -0.15) is 5.10 Å². The molecular weight excluding hydrogens is 423 g/mol. The van der Waals surface area contributed by atoms with E-state index < -0.39 is 0 Å². The van der Waals surface area contributed by atoms with E-state index in [9.17, 15) is 0 Å². The van der Waals surface area contributed by atoms with Gasteiger partial charge in [-0.1, -0.05) is 6.92 Å². The smallest absolute Gasteiger partial charge is 0.191 e. The molecule has 23 heavy (non-hydrogen) atoms. The zero-order valence-corrected chi connectivity index (χ0v) is 17.5. The Morgan fingerprint density at radius 2 is 2.00 bits per heavy atom. The van der Waals surface area contributed by atoms with Crippen LogP contribution in [-0.4, -0.2) is 27.8 Å². The highest BCUT2D eigenvalue weighted by Gasteiger charge is 2.10. The normalized spacial score (nSPS) is 11.3. The lowest BCUT2D eigenvalue weighted by Crippen LogP contribution is -2.36. The Morgan fingerprint density at radius 1 is 1.30 bits per heavy atom. The van der Waals surface area contributed by atoms with E-state index in [1.165, 1.54) is 16.1 Å². The van der Waals surface area contributed by atoms with Crippen molar-refractivity contribution in [1.82, 2.24) is 25.4 Å². The van der Waals surface area contributed by atoms with Crippen molar-refractivity contribution >= 4 is 41.3 Å². The molecule has 0 saturated heterocycles. The molecule has 0 unspecified atom stereocenters. The van der Waals surface area contributed by atoms with Gasteiger partial charge in [0.15, 0.2) is 5.96 Å². The molecule has 2 aromatic heterocycles. The fourth-order valence-corrected chi connectivity index (χ4v) is 3.02. The van der Waals surface area contributed by atoms with Gasteiger partial charge in [-0.15, -0.1) is 35.3 Å². The maximum Gasteiger partial charge on any atom is 0.191 e. The molecule has 128 valence electrons. The number of rotatable bonds is 5. The Morgan fingerprint density at radius 3 is 2.52 bits per heavy atom. The predicted octanol–water partition coefficient (Wildman–Crippen LogP) is 2.54. The maximum atomic E-state index is 4.43. The Hall–Kier alpha value is -1.16. The van der Waals surface area contributed by atoms with Gasteiger partial charge in [0.2, 0.25) is 0 Å². The second kappa shape index (κ2) is 9.21. The lowest BCUT2D eigenvalue weighted by molar-refractivity contribution is 0.728. The van der Waals surface area contributed by atoms with Crippen LogP contribution in [0.15, 0.2) is 11.2 Å². The summed E-state index contributed by atoms with van der Waals surface area (Å²) in [5, 5.41) is 12.1. The van der Waals surface area contributed by atoms with Crippen LogP contribution in [-0.2, 0) is 26.6 Å². The van der Waals surface area contributed by atoms with E-state index in [1.807, 2.05) is 24.9 Å². The minimum Gasteiger partial charge on any atom is -0.352 e. The van der Waals surface area contributed by atoms with E-state index in [0.717, 1.165) is 23.1 Å². The highest BCUT2D eigenvalue weighted by molar-refractivity contribution is 14.0. The van der Waals surface area contributed by atoms with Crippen molar-refractivity contribution in [2.24, 2.45) is 12.0 Å². The summed E-state index contributed by atoms with van der Waals surface area (Å²) in [6.07, 6.45) is 2.98. The number of aromatic nitrogens is 3. The Kier molecular flexibility index (Phi) is 7.97. The Bertz CT molecular complexity index is 661. The first-order valence-corrected chi connectivity index (χ1v) is 8.24. The third-order valence-electron chi connectivity index (χ3n) is 3.67. The van der Waals surface area contributed by atoms with Crippen LogP contribution in [0, 0.1) is 13.8 Å². The van der Waals surface area contributed by atoms with Gasteiger partial charge < -0.3 is 10.6 Å². The summed E-state index contributed by atoms with van der Waals surface area (Å²) in [6.45, 7) is 7.65. The molecule has 6 nitrogen and oxygen atoms in total. The minimum atomic E-state index is 0. The summed E-state index contributed by atoms with van der Waals surface area (Å²) < 4.78 is 1.91. The minimum absolute atomic E-state index is 0. The molecule has 0 bridgehead atoms. The number of aliphatic imine (C=N–C) groups is 1. The number of halogens is 1. The SMILES string of the molecule is CCc1cnc(CNC(=NC)NCc2c(C)nn(C)c2C)s1.I. The molecule has 2 heterocycles. The summed E-state index contributed by atoms with van der Waals surface area (Å²) in [5.74, 6) is 0.774. The van der Waals surface area contributed by atoms with Gasteiger partial charge in [0, 0.05) is 43.0 Å². The summed E-state index contributed by atoms with van der Waals surface area (Å²) >= 11 is 1.74. The van der Waals surface area contributed by atoms with E-state index in [4.69, 9.17) is 0 Å². The van der Waals surface area contributed by atoms with Crippen LogP contribution in [0.4, 0.5) is 0 Å². The molecular formula is C15H25IN6S. The standard InChI is InChI=1S/C15H24N6S.HI/c1-6-12-7-17-14(22-12)9-19-15(16-4)18-8-13-10(2)20-21(5)11(13)3;/h7H,6,8-9H2,1-5H3,(H2,16,18,19);1H. The molecule has 0 amide bonds. The van der Waals surface area contributed by atoms with Gasteiger partial charge in [0.05, 0.1) is 12.2 Å². The first kappa shape index (κ1) is 19.9. The van der Waals surface area contributed by atoms with Gasteiger partial charge in [-0.3, -0.25) is 9.67 Å². The number of hydrogen-bond acceptors (Lipinski definition) is 4. The van der Waals surface area contributed by atoms with Crippen LogP contribution in [0.5, 0.6) is 0 Å². The topological polar surface area (TPSA) is 67.1 Å². The van der Waals surface area contributed by atoms with Gasteiger partial charge in [0.1, 0.15) is 5.01 Å². The summed E-state index contributed by atoms with van der Waals surface area (Å²) in [6, 6.07) is 0. The second-order valence-corrected chi connectivity index (χ2v) is 6.33. The van der Waals surface area contributed by atoms with Gasteiger partial charge >= 0.3 is 0 Å². The average Bonchev–Trinajstić information content (AvgIpc) is 3.06. The third-order valence-corrected chi connectivity index (χ3v) is 4.81. The molecule has 0 fully saturated rings. The lowest BCUT2D eigenvalue weighted by atomic mass is 10.2. The number of aryl methyl sites for hydroxylation is 3. The van der Waals surface area contributed by atoms with Crippen molar-refractivity contribution in [3.8, 4) is 0 Å². The van der Waals surface area contributed by atoms with E-state index >= 15 is 0 Å². The van der Waals surface area contributed by atoms with E-state index in [2.05, 4.69) is 39.6 Å². The molecule has 2 aromatic rings. The van der Waals surface area contributed by atoms with Gasteiger partial charge in [-0.25, -0.2) is 4.98 Å². The zero-order valence-electron chi connectivity index (χ0n) is 14.3. The number of nitrogens with one attached hydrogen (secondary N) is 2. The average molecular weight is 448 g/mol. The van der Waals surface area contributed by atoms with Gasteiger partial charge in [0.25, 0.3) is 0 Å². The molecule has 0 radical (unpaired) electrons. The molecule has 0 aromatic carbocycles. The first-order chi connectivity index (χ1) is 10.5. The van der Waals surface area contributed by atoms with Crippen molar-refractivity contribution in [3.05, 3.63) is 33.0 Å². The zero-order chi connectivity index (χ0) is 16.1. The highest BCUT2D eigenvalue weighted by Crippen LogP contribution is 2.13. The van der Waals surface area contributed by atoms with E-state index in [1.54, 1.807) is 18.4 Å². The van der Waals surface area contributed by atoms with Crippen LogP contribution in [0.2, 0.25) is 0 Å². The number of thiazole rings is 1. The molecule has 0 aliphatic rings. The van der Waals surface area contributed by atoms with Crippen molar-refractivity contribution in [2.75, 3.05) is 7.05 Å². The third kappa shape index (κ3) is 5.17. The summed E-state index contributed by atoms with van der Waals surface area (Å²) in [5.41, 5.74) is 3.44. The fourth-order valence-electron chi connectivity index (χ4n) is 2.22. The molecule has 0 saturated carbocycles. The van der Waals surface area contributed by atoms with Crippen LogP contribution >= 0.6 is 35.3 Å². The van der Waals surface area contributed by atoms with E-state index in [-0.39, 0.29) is 24.0 Å². The molecule has 2 N–H and O–H groups in total. The number of guanidine groups is 1. The monoisotopic (exact) mass is 448 g/mol. The van der Waals surface area contributed by atoms with Crippen LogP contribution in [0.25, 0.3) is 0 Å². The molecule has 0 aliphatic carbocycles. The largest absolute Gasteiger partial charge is 0.352 e. The first-order valence-electron chi connectivity index (χ1n) is 7.42. The van der Waals surface area contributed by atoms with Gasteiger partial charge in [-0.05, 0) is 20.3 Å². The highest BCUT2D eigenvalue weighted by atomic mass is 127. The molecule has 8 heteroatoms. The maximum absolute atomic E-state index is 4.43. The van der Waals surface area contributed by atoms with Crippen LogP contribution in [0.3, 0.4) is 0 Å². The van der Waals surface area contributed by atoms with E-state index in [0.29, 0.717) is 13.1 Å². The molecule has 0 atom stereocenters. The van der Waals surface area contributed by atoms with Crippen LogP contribution in [0.1, 0.15) is 33.8 Å². The predicted molar refractivity (Wildman–Crippen MR) is 107 cm³/mol. The summed E-state index contributed by atoms with van der Waals surface area (Å²) in [7, 11) is 3.74. The quantitative estimate of drug-likeness (QED) is 0.419. The molecule has 2 rings (SSSR count). The van der Waals surface area contributed by atoms with Crippen molar-refractivity contribution in [1.29, 1.82) is 0 Å². The lowest BCUT2D eigenvalue weighted by Gasteiger charge is -2.11. The molecule has 0 aliphatic heterocycles. The number of nitrogens with zero attached hydrogens (tertiary/aromatic N) is 4. The van der Waals surface area contributed by atoms with Crippen molar-refractivity contribution < 1.29 is 0 Å². The Balaban J connectivity index is 0.00000264. The summed E-state index contributed by atoms with van der Waals surface area (Å²) in [4.78, 5) is 9.97. The van der Waals surface area contributed by atoms with Crippen molar-refractivity contribution in [3.63, 3.8) is 0 Å². The second-order valence-electron chi connectivity index (χ2n) is 5.13. The van der Waals surface area contributed by atoms with Crippen molar-refractivity contribution in [2.45, 2.75) is 40.3 Å². The number of hydrogen-bond donors (Lipinski definition) is 2. The van der Waals surface area contributed by atoms with Crippen LogP contribution < -0.4 is 10.6 Å². The fraction of sp³-hybridized carbons (Fsp3) is 0.533.